The van der Waals surface area contributed by atoms with Crippen LogP contribution in [0.25, 0.3) is 0 Å². The third-order valence-electron chi connectivity index (χ3n) is 3.00. The first-order chi connectivity index (χ1) is 11.4. The van der Waals surface area contributed by atoms with E-state index < -0.39 is 0 Å². The van der Waals surface area contributed by atoms with Gasteiger partial charge in [0.05, 0.1) is 46.2 Å². The van der Waals surface area contributed by atoms with E-state index in [1.54, 1.807) is 0 Å². The predicted molar refractivity (Wildman–Crippen MR) is 90.1 cm³/mol. The van der Waals surface area contributed by atoms with E-state index in [0.29, 0.717) is 52.9 Å². The molecule has 1 aromatic carbocycles. The van der Waals surface area contributed by atoms with Crippen LogP contribution in [0.4, 0.5) is 0 Å². The Balaban J connectivity index is 1.72. The molecule has 0 aliphatic heterocycles. The zero-order chi connectivity index (χ0) is 16.4. The fourth-order valence-corrected chi connectivity index (χ4v) is 1.74. The smallest absolute Gasteiger partial charge is 0.119 e. The highest BCUT2D eigenvalue weighted by molar-refractivity contribution is 5.20. The molecule has 23 heavy (non-hydrogen) atoms. The first-order valence-corrected chi connectivity index (χ1v) is 8.42. The Morgan fingerprint density at radius 3 is 1.61 bits per heavy atom. The lowest BCUT2D eigenvalue weighted by Crippen LogP contribution is -2.13. The molecule has 0 atom stereocenters. The molecular formula is C18H30O5. The van der Waals surface area contributed by atoms with Crippen molar-refractivity contribution in [3.8, 4) is 5.75 Å². The summed E-state index contributed by atoms with van der Waals surface area (Å²) in [5.41, 5.74) is 0. The monoisotopic (exact) mass is 326 g/mol. The molecule has 5 heteroatoms. The van der Waals surface area contributed by atoms with Crippen molar-refractivity contribution in [2.45, 2.75) is 19.8 Å². The molecule has 1 aromatic rings. The van der Waals surface area contributed by atoms with E-state index in [9.17, 15) is 0 Å². The van der Waals surface area contributed by atoms with Gasteiger partial charge >= 0.3 is 0 Å². The highest BCUT2D eigenvalue weighted by Gasteiger charge is 1.94. The molecule has 0 fully saturated rings. The summed E-state index contributed by atoms with van der Waals surface area (Å²) in [4.78, 5) is 0. The summed E-state index contributed by atoms with van der Waals surface area (Å²) in [6.07, 6.45) is 2.27. The molecule has 0 N–H and O–H groups in total. The lowest BCUT2D eigenvalue weighted by atomic mass is 10.3. The minimum Gasteiger partial charge on any atom is -0.491 e. The lowest BCUT2D eigenvalue weighted by molar-refractivity contribution is -0.00478. The van der Waals surface area contributed by atoms with Gasteiger partial charge in [0, 0.05) is 6.61 Å². The Morgan fingerprint density at radius 1 is 0.609 bits per heavy atom. The second-order valence-corrected chi connectivity index (χ2v) is 4.96. The molecule has 1 rings (SSSR count). The number of ether oxygens (including phenoxy) is 5. The maximum Gasteiger partial charge on any atom is 0.119 e. The van der Waals surface area contributed by atoms with Crippen LogP contribution >= 0.6 is 0 Å². The minimum atomic E-state index is 0.547. The Labute approximate surface area is 139 Å². The van der Waals surface area contributed by atoms with E-state index in [4.69, 9.17) is 23.7 Å². The van der Waals surface area contributed by atoms with Gasteiger partial charge in [-0.3, -0.25) is 0 Å². The van der Waals surface area contributed by atoms with Crippen LogP contribution in [0.5, 0.6) is 5.75 Å². The molecule has 0 amide bonds. The first kappa shape index (κ1) is 19.9. The van der Waals surface area contributed by atoms with Gasteiger partial charge in [-0.05, 0) is 18.6 Å². The maximum absolute atomic E-state index is 5.52. The van der Waals surface area contributed by atoms with Gasteiger partial charge in [-0.15, -0.1) is 0 Å². The molecular weight excluding hydrogens is 296 g/mol. The molecule has 132 valence electrons. The molecule has 0 aromatic heterocycles. The van der Waals surface area contributed by atoms with Crippen LogP contribution in [-0.4, -0.2) is 59.5 Å². The summed E-state index contributed by atoms with van der Waals surface area (Å²) >= 11 is 0. The zero-order valence-corrected chi connectivity index (χ0v) is 14.2. The number of rotatable bonds is 16. The van der Waals surface area contributed by atoms with E-state index in [2.05, 4.69) is 6.92 Å². The van der Waals surface area contributed by atoms with Crippen molar-refractivity contribution in [2.24, 2.45) is 0 Å². The van der Waals surface area contributed by atoms with Crippen molar-refractivity contribution in [1.29, 1.82) is 0 Å². The van der Waals surface area contributed by atoms with Crippen LogP contribution in [0.15, 0.2) is 30.3 Å². The molecule has 0 unspecified atom stereocenters. The van der Waals surface area contributed by atoms with Gasteiger partial charge in [0.15, 0.2) is 0 Å². The van der Waals surface area contributed by atoms with Crippen LogP contribution in [-0.2, 0) is 18.9 Å². The average molecular weight is 326 g/mol. The van der Waals surface area contributed by atoms with Gasteiger partial charge in [0.2, 0.25) is 0 Å². The minimum absolute atomic E-state index is 0.547. The summed E-state index contributed by atoms with van der Waals surface area (Å²) in [6.45, 7) is 7.67. The first-order valence-electron chi connectivity index (χ1n) is 8.42. The standard InChI is InChI=1S/C18H30O5/c1-2-3-9-19-10-11-20-12-13-21-14-15-22-16-17-23-18-7-5-4-6-8-18/h4-8H,2-3,9-17H2,1H3. The normalized spacial score (nSPS) is 10.8. The fourth-order valence-electron chi connectivity index (χ4n) is 1.74. The van der Waals surface area contributed by atoms with Gasteiger partial charge in [-0.2, -0.15) is 0 Å². The number of para-hydroxylation sites is 1. The number of benzene rings is 1. The lowest BCUT2D eigenvalue weighted by Gasteiger charge is -2.08. The summed E-state index contributed by atoms with van der Waals surface area (Å²) in [5, 5.41) is 0. The Morgan fingerprint density at radius 2 is 1.09 bits per heavy atom. The molecule has 5 nitrogen and oxygen atoms in total. The summed E-state index contributed by atoms with van der Waals surface area (Å²) in [5.74, 6) is 0.864. The summed E-state index contributed by atoms with van der Waals surface area (Å²) in [7, 11) is 0. The van der Waals surface area contributed by atoms with Crippen molar-refractivity contribution >= 4 is 0 Å². The predicted octanol–water partition coefficient (Wildman–Crippen LogP) is 2.93. The third-order valence-corrected chi connectivity index (χ3v) is 3.00. The molecule has 0 saturated carbocycles. The van der Waals surface area contributed by atoms with Gasteiger partial charge in [-0.1, -0.05) is 31.5 Å². The quantitative estimate of drug-likeness (QED) is 0.437. The average Bonchev–Trinajstić information content (AvgIpc) is 2.59. The molecule has 0 spiro atoms. The Bertz CT molecular complexity index is 345. The Hall–Kier alpha value is -1.14. The number of hydrogen-bond donors (Lipinski definition) is 0. The van der Waals surface area contributed by atoms with Crippen LogP contribution in [0.2, 0.25) is 0 Å². The van der Waals surface area contributed by atoms with Crippen LogP contribution in [0.1, 0.15) is 19.8 Å². The van der Waals surface area contributed by atoms with Crippen molar-refractivity contribution < 1.29 is 23.7 Å². The van der Waals surface area contributed by atoms with Gasteiger partial charge in [0.1, 0.15) is 12.4 Å². The maximum atomic E-state index is 5.52. The Kier molecular flexibility index (Phi) is 13.6. The summed E-state index contributed by atoms with van der Waals surface area (Å²) in [6, 6.07) is 9.71. The van der Waals surface area contributed by atoms with Gasteiger partial charge in [0.25, 0.3) is 0 Å². The van der Waals surface area contributed by atoms with Crippen molar-refractivity contribution in [3.05, 3.63) is 30.3 Å². The van der Waals surface area contributed by atoms with E-state index in [1.807, 2.05) is 30.3 Å². The molecule has 0 aliphatic carbocycles. The molecule has 0 saturated heterocycles. The van der Waals surface area contributed by atoms with Crippen LogP contribution in [0, 0.1) is 0 Å². The van der Waals surface area contributed by atoms with Crippen LogP contribution < -0.4 is 4.74 Å². The highest BCUT2D eigenvalue weighted by Crippen LogP contribution is 2.07. The van der Waals surface area contributed by atoms with Crippen molar-refractivity contribution in [3.63, 3.8) is 0 Å². The number of unbranched alkanes of at least 4 members (excludes halogenated alkanes) is 1. The van der Waals surface area contributed by atoms with E-state index >= 15 is 0 Å². The molecule has 0 heterocycles. The topological polar surface area (TPSA) is 46.2 Å². The molecule has 0 radical (unpaired) electrons. The van der Waals surface area contributed by atoms with Crippen LogP contribution in [0.3, 0.4) is 0 Å². The van der Waals surface area contributed by atoms with E-state index in [0.717, 1.165) is 25.2 Å². The van der Waals surface area contributed by atoms with Gasteiger partial charge in [-0.25, -0.2) is 0 Å². The number of hydrogen-bond acceptors (Lipinski definition) is 5. The molecule has 0 aliphatic rings. The second-order valence-electron chi connectivity index (χ2n) is 4.96. The largest absolute Gasteiger partial charge is 0.491 e. The third kappa shape index (κ3) is 13.0. The highest BCUT2D eigenvalue weighted by atomic mass is 16.6. The van der Waals surface area contributed by atoms with Gasteiger partial charge < -0.3 is 23.7 Å². The zero-order valence-electron chi connectivity index (χ0n) is 14.2. The van der Waals surface area contributed by atoms with Crippen molar-refractivity contribution in [2.75, 3.05) is 59.5 Å². The SMILES string of the molecule is CCCCOCCOCCOCCOCCOc1ccccc1. The fraction of sp³-hybridized carbons (Fsp3) is 0.667. The molecule has 0 bridgehead atoms. The second kappa shape index (κ2) is 15.7. The van der Waals surface area contributed by atoms with E-state index in [1.165, 1.54) is 0 Å². The summed E-state index contributed by atoms with van der Waals surface area (Å²) < 4.78 is 27.1. The van der Waals surface area contributed by atoms with E-state index in [-0.39, 0.29) is 0 Å². The van der Waals surface area contributed by atoms with Crippen molar-refractivity contribution in [1.82, 2.24) is 0 Å².